The molecular formula is C15H13Br2N3O3. The third-order valence-corrected chi connectivity index (χ3v) is 8.35. The summed E-state index contributed by atoms with van der Waals surface area (Å²) in [5.74, 6) is -1.46. The van der Waals surface area contributed by atoms with Crippen molar-refractivity contribution in [3.8, 4) is 0 Å². The lowest BCUT2D eigenvalue weighted by molar-refractivity contribution is -0.143. The van der Waals surface area contributed by atoms with E-state index in [9.17, 15) is 14.4 Å². The van der Waals surface area contributed by atoms with Crippen LogP contribution in [0, 0.1) is 23.7 Å². The third kappa shape index (κ3) is 2.11. The average molecular weight is 443 g/mol. The minimum absolute atomic E-state index is 0.133. The van der Waals surface area contributed by atoms with Crippen molar-refractivity contribution in [3.63, 3.8) is 0 Å². The summed E-state index contributed by atoms with van der Waals surface area (Å²) in [6.07, 6.45) is 3.84. The van der Waals surface area contributed by atoms with Gasteiger partial charge in [-0.2, -0.15) is 5.01 Å². The Morgan fingerprint density at radius 2 is 1.61 bits per heavy atom. The van der Waals surface area contributed by atoms with Gasteiger partial charge in [0.15, 0.2) is 0 Å². The number of hydrazine groups is 1. The Kier molecular flexibility index (Phi) is 3.57. The molecule has 1 aromatic heterocycles. The Morgan fingerprint density at radius 1 is 1.09 bits per heavy atom. The van der Waals surface area contributed by atoms with Crippen LogP contribution in [-0.4, -0.2) is 37.4 Å². The normalized spacial score (nSPS) is 38.1. The van der Waals surface area contributed by atoms with Gasteiger partial charge in [-0.1, -0.05) is 31.9 Å². The standard InChI is InChI=1S/C15H13Br2N3O3/c16-11-7-5-8(12(11)17)10-9(7)14(22)20(15(10)23)19-13(21)6-1-3-18-4-2-6/h1-4,7-12H,5H2,(H,19,21)/t7-,8-,9-,10+,11-,12+/m1/s1. The molecule has 6 nitrogen and oxygen atoms in total. The molecule has 8 heteroatoms. The van der Waals surface area contributed by atoms with Gasteiger partial charge >= 0.3 is 0 Å². The molecule has 2 bridgehead atoms. The molecule has 1 aliphatic heterocycles. The van der Waals surface area contributed by atoms with Crippen LogP contribution < -0.4 is 5.43 Å². The van der Waals surface area contributed by atoms with E-state index in [4.69, 9.17) is 0 Å². The largest absolute Gasteiger partial charge is 0.272 e. The van der Waals surface area contributed by atoms with Crippen LogP contribution in [0.25, 0.3) is 0 Å². The van der Waals surface area contributed by atoms with Gasteiger partial charge in [-0.3, -0.25) is 24.8 Å². The van der Waals surface area contributed by atoms with Crippen molar-refractivity contribution in [2.45, 2.75) is 16.1 Å². The average Bonchev–Trinajstić information content (AvgIpc) is 3.16. The highest BCUT2D eigenvalue weighted by Gasteiger charge is 2.66. The Hall–Kier alpha value is -1.28. The molecule has 1 aromatic rings. The van der Waals surface area contributed by atoms with Crippen molar-refractivity contribution in [2.75, 3.05) is 0 Å². The van der Waals surface area contributed by atoms with E-state index in [1.807, 2.05) is 0 Å². The van der Waals surface area contributed by atoms with Gasteiger partial charge in [-0.15, -0.1) is 0 Å². The number of carbonyl (C=O) groups excluding carboxylic acids is 3. The molecule has 0 radical (unpaired) electrons. The Balaban J connectivity index is 1.57. The number of hydrogen-bond donors (Lipinski definition) is 1. The van der Waals surface area contributed by atoms with Crippen molar-refractivity contribution >= 4 is 49.6 Å². The second-order valence-electron chi connectivity index (χ2n) is 6.19. The fourth-order valence-corrected chi connectivity index (χ4v) is 6.00. The van der Waals surface area contributed by atoms with Crippen LogP contribution >= 0.6 is 31.9 Å². The molecule has 3 fully saturated rings. The zero-order valence-electron chi connectivity index (χ0n) is 11.9. The van der Waals surface area contributed by atoms with E-state index in [-0.39, 0.29) is 45.1 Å². The maximum Gasteiger partial charge on any atom is 0.270 e. The second kappa shape index (κ2) is 5.37. The third-order valence-electron chi connectivity index (χ3n) is 5.14. The highest BCUT2D eigenvalue weighted by molar-refractivity contribution is 9.12. The van der Waals surface area contributed by atoms with Gasteiger partial charge in [0.2, 0.25) is 0 Å². The van der Waals surface area contributed by atoms with Crippen LogP contribution in [-0.2, 0) is 9.59 Å². The van der Waals surface area contributed by atoms with Crippen molar-refractivity contribution < 1.29 is 14.4 Å². The van der Waals surface area contributed by atoms with Gasteiger partial charge < -0.3 is 0 Å². The zero-order valence-corrected chi connectivity index (χ0v) is 15.0. The maximum atomic E-state index is 12.6. The molecule has 2 aliphatic carbocycles. The lowest BCUT2D eigenvalue weighted by Crippen LogP contribution is -2.47. The zero-order chi connectivity index (χ0) is 16.3. The number of pyridine rings is 1. The number of nitrogens with one attached hydrogen (secondary N) is 1. The highest BCUT2D eigenvalue weighted by atomic mass is 79.9. The number of carbonyl (C=O) groups is 3. The molecule has 6 atom stereocenters. The molecule has 120 valence electrons. The number of hydrogen-bond acceptors (Lipinski definition) is 4. The number of imide groups is 1. The summed E-state index contributed by atoms with van der Waals surface area (Å²) < 4.78 is 0. The molecule has 3 amide bonds. The molecule has 4 rings (SSSR count). The van der Waals surface area contributed by atoms with E-state index in [0.29, 0.717) is 5.56 Å². The molecule has 2 saturated carbocycles. The molecule has 0 unspecified atom stereocenters. The van der Waals surface area contributed by atoms with E-state index in [1.54, 1.807) is 0 Å². The van der Waals surface area contributed by atoms with Crippen LogP contribution in [0.2, 0.25) is 0 Å². The Morgan fingerprint density at radius 3 is 2.13 bits per heavy atom. The van der Waals surface area contributed by atoms with E-state index in [2.05, 4.69) is 42.3 Å². The summed E-state index contributed by atoms with van der Waals surface area (Å²) in [7, 11) is 0. The van der Waals surface area contributed by atoms with Gasteiger partial charge in [-0.05, 0) is 30.4 Å². The summed E-state index contributed by atoms with van der Waals surface area (Å²) in [5.41, 5.74) is 2.82. The molecule has 2 heterocycles. The molecule has 1 N–H and O–H groups in total. The number of amides is 3. The smallest absolute Gasteiger partial charge is 0.270 e. The van der Waals surface area contributed by atoms with Gasteiger partial charge in [-0.25, -0.2) is 0 Å². The number of alkyl halides is 2. The van der Waals surface area contributed by atoms with Gasteiger partial charge in [0.25, 0.3) is 17.7 Å². The van der Waals surface area contributed by atoms with Gasteiger partial charge in [0.05, 0.1) is 11.8 Å². The summed E-state index contributed by atoms with van der Waals surface area (Å²) >= 11 is 7.26. The number of aromatic nitrogens is 1. The van der Waals surface area contributed by atoms with E-state index < -0.39 is 5.91 Å². The lowest BCUT2D eigenvalue weighted by atomic mass is 9.81. The molecule has 23 heavy (non-hydrogen) atoms. The molecule has 3 aliphatic rings. The van der Waals surface area contributed by atoms with Crippen molar-refractivity contribution in [3.05, 3.63) is 30.1 Å². The Labute approximate surface area is 149 Å². The van der Waals surface area contributed by atoms with Crippen LogP contribution in [0.1, 0.15) is 16.8 Å². The minimum atomic E-state index is -0.479. The van der Waals surface area contributed by atoms with Crippen LogP contribution in [0.5, 0.6) is 0 Å². The molecular weight excluding hydrogens is 430 g/mol. The number of nitrogens with zero attached hydrogens (tertiary/aromatic N) is 2. The SMILES string of the molecule is O=C(NN1C(=O)[C@@H]2[C@H]3C[C@@H]([C@H](Br)[C@@H]3Br)[C@@H]2C1=O)c1ccncc1. The second-order valence-corrected chi connectivity index (χ2v) is 8.31. The van der Waals surface area contributed by atoms with E-state index in [0.717, 1.165) is 11.4 Å². The van der Waals surface area contributed by atoms with Crippen LogP contribution in [0.15, 0.2) is 24.5 Å². The summed E-state index contributed by atoms with van der Waals surface area (Å²) in [6, 6.07) is 3.07. The van der Waals surface area contributed by atoms with Gasteiger partial charge in [0, 0.05) is 27.6 Å². The lowest BCUT2D eigenvalue weighted by Gasteiger charge is -2.28. The fourth-order valence-electron chi connectivity index (χ4n) is 4.13. The first kappa shape index (κ1) is 15.3. The topological polar surface area (TPSA) is 79.4 Å². The molecule has 0 aromatic carbocycles. The summed E-state index contributed by atoms with van der Waals surface area (Å²) in [6.45, 7) is 0. The monoisotopic (exact) mass is 441 g/mol. The minimum Gasteiger partial charge on any atom is -0.272 e. The maximum absolute atomic E-state index is 12.6. The predicted molar refractivity (Wildman–Crippen MR) is 87.6 cm³/mol. The van der Waals surface area contributed by atoms with Crippen molar-refractivity contribution in [1.82, 2.24) is 15.4 Å². The summed E-state index contributed by atoms with van der Waals surface area (Å²) in [5, 5.41) is 0.919. The number of halogens is 2. The van der Waals surface area contributed by atoms with Crippen molar-refractivity contribution in [1.29, 1.82) is 0 Å². The first-order chi connectivity index (χ1) is 11.0. The van der Waals surface area contributed by atoms with Crippen LogP contribution in [0.3, 0.4) is 0 Å². The van der Waals surface area contributed by atoms with E-state index in [1.165, 1.54) is 24.5 Å². The van der Waals surface area contributed by atoms with Crippen LogP contribution in [0.4, 0.5) is 0 Å². The first-order valence-corrected chi connectivity index (χ1v) is 9.21. The molecule has 1 saturated heterocycles. The fraction of sp³-hybridized carbons (Fsp3) is 0.467. The first-order valence-electron chi connectivity index (χ1n) is 7.37. The highest BCUT2D eigenvalue weighted by Crippen LogP contribution is 2.59. The van der Waals surface area contributed by atoms with E-state index >= 15 is 0 Å². The number of fused-ring (bicyclic) bond motifs is 5. The molecule has 0 spiro atoms. The van der Waals surface area contributed by atoms with Gasteiger partial charge in [0.1, 0.15) is 0 Å². The van der Waals surface area contributed by atoms with Crippen molar-refractivity contribution in [2.24, 2.45) is 23.7 Å². The quantitative estimate of drug-likeness (QED) is 0.556. The predicted octanol–water partition coefficient (Wildman–Crippen LogP) is 1.50. The number of rotatable bonds is 2. The summed E-state index contributed by atoms with van der Waals surface area (Å²) in [4.78, 5) is 41.7. The Bertz CT molecular complexity index is 666.